The number of hydrogen-bond acceptors (Lipinski definition) is 5. The van der Waals surface area contributed by atoms with Crippen molar-refractivity contribution in [2.45, 2.75) is 6.54 Å². The second-order valence-electron chi connectivity index (χ2n) is 5.53. The van der Waals surface area contributed by atoms with E-state index in [1.807, 2.05) is 24.3 Å². The van der Waals surface area contributed by atoms with Crippen LogP contribution in [-0.2, 0) is 6.54 Å². The van der Waals surface area contributed by atoms with Crippen LogP contribution in [-0.4, -0.2) is 35.2 Å². The Morgan fingerprint density at radius 3 is 2.63 bits per heavy atom. The van der Waals surface area contributed by atoms with Gasteiger partial charge in [0.25, 0.3) is 0 Å². The number of nitrogens with zero attached hydrogens (tertiary/aromatic N) is 4. The molecule has 0 aliphatic carbocycles. The first kappa shape index (κ1) is 18.5. The van der Waals surface area contributed by atoms with Gasteiger partial charge in [0.15, 0.2) is 5.96 Å². The molecule has 1 heterocycles. The number of rotatable bonds is 6. The summed E-state index contributed by atoms with van der Waals surface area (Å²) in [6.07, 6.45) is 1.79. The summed E-state index contributed by atoms with van der Waals surface area (Å²) in [6, 6.07) is 12.8. The smallest absolute Gasteiger partial charge is 0.193 e. The molecule has 0 saturated heterocycles. The third-order valence-corrected chi connectivity index (χ3v) is 4.01. The standard InChI is InChI=1S/C18H19ClN6O2/c1-26-15-6-4-14(5-7-15)25-11-13(23-24-25)10-21-18(20)22-12-3-8-17(27-2)16(19)9-12/h3-9,11H,10H2,1-2H3,(H3,20,21,22). The van der Waals surface area contributed by atoms with Crippen molar-refractivity contribution in [3.05, 3.63) is 59.4 Å². The molecule has 3 aromatic rings. The van der Waals surface area contributed by atoms with Crippen molar-refractivity contribution in [2.75, 3.05) is 19.5 Å². The molecule has 0 amide bonds. The Morgan fingerprint density at radius 1 is 1.19 bits per heavy atom. The highest BCUT2D eigenvalue weighted by molar-refractivity contribution is 6.32. The fourth-order valence-electron chi connectivity index (χ4n) is 2.33. The van der Waals surface area contributed by atoms with Gasteiger partial charge in [0.05, 0.1) is 37.7 Å². The lowest BCUT2D eigenvalue weighted by Crippen LogP contribution is -2.22. The van der Waals surface area contributed by atoms with E-state index < -0.39 is 0 Å². The Hall–Kier alpha value is -3.26. The van der Waals surface area contributed by atoms with Crippen LogP contribution in [0.25, 0.3) is 5.69 Å². The van der Waals surface area contributed by atoms with Gasteiger partial charge in [-0.15, -0.1) is 5.10 Å². The number of aromatic nitrogens is 3. The van der Waals surface area contributed by atoms with E-state index in [4.69, 9.17) is 26.8 Å². The Labute approximate surface area is 161 Å². The first-order valence-corrected chi connectivity index (χ1v) is 8.43. The maximum Gasteiger partial charge on any atom is 0.193 e. The molecule has 0 fully saturated rings. The highest BCUT2D eigenvalue weighted by Gasteiger charge is 2.05. The first-order valence-electron chi connectivity index (χ1n) is 8.05. The summed E-state index contributed by atoms with van der Waals surface area (Å²) >= 11 is 6.09. The third-order valence-electron chi connectivity index (χ3n) is 3.71. The first-order chi connectivity index (χ1) is 13.1. The number of methoxy groups -OCH3 is 2. The average Bonchev–Trinajstić information content (AvgIpc) is 3.16. The molecule has 0 unspecified atom stereocenters. The second-order valence-corrected chi connectivity index (χ2v) is 5.94. The van der Waals surface area contributed by atoms with Crippen molar-refractivity contribution in [2.24, 2.45) is 10.7 Å². The van der Waals surface area contributed by atoms with Crippen LogP contribution in [0.15, 0.2) is 53.7 Å². The molecule has 0 atom stereocenters. The number of hydrogen-bond donors (Lipinski definition) is 2. The predicted octanol–water partition coefficient (Wildman–Crippen LogP) is 2.86. The Kier molecular flexibility index (Phi) is 5.77. The van der Waals surface area contributed by atoms with Gasteiger partial charge >= 0.3 is 0 Å². The van der Waals surface area contributed by atoms with Crippen molar-refractivity contribution in [1.29, 1.82) is 0 Å². The molecule has 27 heavy (non-hydrogen) atoms. The average molecular weight is 387 g/mol. The van der Waals surface area contributed by atoms with Crippen molar-refractivity contribution in [1.82, 2.24) is 15.0 Å². The monoisotopic (exact) mass is 386 g/mol. The molecular formula is C18H19ClN6O2. The topological polar surface area (TPSA) is 99.6 Å². The predicted molar refractivity (Wildman–Crippen MR) is 105 cm³/mol. The van der Waals surface area contributed by atoms with E-state index in [2.05, 4.69) is 20.6 Å². The number of guanidine groups is 1. The highest BCUT2D eigenvalue weighted by atomic mass is 35.5. The van der Waals surface area contributed by atoms with Crippen LogP contribution >= 0.6 is 11.6 Å². The SMILES string of the molecule is COc1ccc(-n2cc(CN=C(N)Nc3ccc(OC)c(Cl)c3)nn2)cc1. The van der Waals surface area contributed by atoms with Gasteiger partial charge < -0.3 is 20.5 Å². The lowest BCUT2D eigenvalue weighted by Gasteiger charge is -2.08. The molecule has 0 radical (unpaired) electrons. The van der Waals surface area contributed by atoms with E-state index in [9.17, 15) is 0 Å². The summed E-state index contributed by atoms with van der Waals surface area (Å²) in [7, 11) is 3.18. The van der Waals surface area contributed by atoms with Gasteiger partial charge in [0.2, 0.25) is 0 Å². The van der Waals surface area contributed by atoms with E-state index in [-0.39, 0.29) is 5.96 Å². The van der Waals surface area contributed by atoms with Crippen LogP contribution in [0.1, 0.15) is 5.69 Å². The molecule has 0 spiro atoms. The maximum absolute atomic E-state index is 6.09. The van der Waals surface area contributed by atoms with Crippen LogP contribution in [0.2, 0.25) is 5.02 Å². The molecule has 1 aromatic heterocycles. The van der Waals surface area contributed by atoms with Gasteiger partial charge in [-0.2, -0.15) is 0 Å². The van der Waals surface area contributed by atoms with Crippen LogP contribution in [0.3, 0.4) is 0 Å². The summed E-state index contributed by atoms with van der Waals surface area (Å²) < 4.78 is 11.9. The molecule has 140 valence electrons. The van der Waals surface area contributed by atoms with Crippen LogP contribution in [0.4, 0.5) is 5.69 Å². The molecular weight excluding hydrogens is 368 g/mol. The Bertz CT molecular complexity index is 939. The lowest BCUT2D eigenvalue weighted by atomic mass is 10.3. The summed E-state index contributed by atoms with van der Waals surface area (Å²) in [5, 5.41) is 11.7. The largest absolute Gasteiger partial charge is 0.497 e. The highest BCUT2D eigenvalue weighted by Crippen LogP contribution is 2.27. The van der Waals surface area contributed by atoms with Crippen molar-refractivity contribution in [3.8, 4) is 17.2 Å². The van der Waals surface area contributed by atoms with Gasteiger partial charge in [-0.3, -0.25) is 0 Å². The molecule has 0 aliphatic heterocycles. The molecule has 2 aromatic carbocycles. The fraction of sp³-hybridized carbons (Fsp3) is 0.167. The molecule has 0 bridgehead atoms. The van der Waals surface area contributed by atoms with E-state index in [1.54, 1.807) is 43.3 Å². The summed E-state index contributed by atoms with van der Waals surface area (Å²) in [5.41, 5.74) is 8.19. The number of anilines is 1. The van der Waals surface area contributed by atoms with Crippen molar-refractivity contribution in [3.63, 3.8) is 0 Å². The van der Waals surface area contributed by atoms with Crippen LogP contribution < -0.4 is 20.5 Å². The summed E-state index contributed by atoms with van der Waals surface area (Å²) in [5.74, 6) is 1.62. The lowest BCUT2D eigenvalue weighted by molar-refractivity contribution is 0.414. The van der Waals surface area contributed by atoms with Gasteiger partial charge in [0, 0.05) is 5.69 Å². The minimum absolute atomic E-state index is 0.246. The minimum atomic E-state index is 0.246. The molecule has 3 N–H and O–H groups in total. The van der Waals surface area contributed by atoms with E-state index in [1.165, 1.54) is 0 Å². The Morgan fingerprint density at radius 2 is 1.96 bits per heavy atom. The van der Waals surface area contributed by atoms with Crippen LogP contribution in [0, 0.1) is 0 Å². The number of nitrogens with two attached hydrogens (primary N) is 1. The number of aliphatic imine (C=N–C) groups is 1. The number of benzene rings is 2. The maximum atomic E-state index is 6.09. The quantitative estimate of drug-likeness (QED) is 0.499. The van der Waals surface area contributed by atoms with E-state index in [0.29, 0.717) is 28.7 Å². The molecule has 9 heteroatoms. The molecule has 0 aliphatic rings. The zero-order valence-electron chi connectivity index (χ0n) is 14.9. The number of nitrogens with one attached hydrogen (secondary N) is 1. The minimum Gasteiger partial charge on any atom is -0.497 e. The van der Waals surface area contributed by atoms with Crippen molar-refractivity contribution < 1.29 is 9.47 Å². The van der Waals surface area contributed by atoms with E-state index >= 15 is 0 Å². The van der Waals surface area contributed by atoms with E-state index in [0.717, 1.165) is 11.4 Å². The third kappa shape index (κ3) is 4.68. The fourth-order valence-corrected chi connectivity index (χ4v) is 2.59. The molecule has 3 rings (SSSR count). The normalized spacial score (nSPS) is 11.3. The van der Waals surface area contributed by atoms with Gasteiger partial charge in [-0.25, -0.2) is 9.67 Å². The molecule has 0 saturated carbocycles. The number of halogens is 1. The van der Waals surface area contributed by atoms with Crippen LogP contribution in [0.5, 0.6) is 11.5 Å². The zero-order chi connectivity index (χ0) is 19.2. The van der Waals surface area contributed by atoms with Gasteiger partial charge in [0.1, 0.15) is 17.2 Å². The van der Waals surface area contributed by atoms with Gasteiger partial charge in [-0.1, -0.05) is 16.8 Å². The second kappa shape index (κ2) is 8.41. The van der Waals surface area contributed by atoms with Gasteiger partial charge in [-0.05, 0) is 42.5 Å². The van der Waals surface area contributed by atoms with Crippen molar-refractivity contribution >= 4 is 23.2 Å². The molecule has 8 nitrogen and oxygen atoms in total. The summed E-state index contributed by atoms with van der Waals surface area (Å²) in [4.78, 5) is 4.27. The Balaban J connectivity index is 1.63. The zero-order valence-corrected chi connectivity index (χ0v) is 15.6. The summed E-state index contributed by atoms with van der Waals surface area (Å²) in [6.45, 7) is 0.291. The number of ether oxygens (including phenoxy) is 2.